The average molecular weight is 360 g/mol. The summed E-state index contributed by atoms with van der Waals surface area (Å²) in [5, 5.41) is 3.68. The summed E-state index contributed by atoms with van der Waals surface area (Å²) in [6, 6.07) is 13.2. The number of amides is 2. The van der Waals surface area contributed by atoms with Crippen molar-refractivity contribution in [2.24, 2.45) is 0 Å². The molecular weight excluding hydrogens is 338 g/mol. The number of hydrogen-bond acceptors (Lipinski definition) is 3. The molecule has 0 aromatic heterocycles. The summed E-state index contributed by atoms with van der Waals surface area (Å²) >= 11 is 6.03. The topological polar surface area (TPSA) is 44.8 Å². The summed E-state index contributed by atoms with van der Waals surface area (Å²) in [6.45, 7) is 5.01. The fourth-order valence-corrected chi connectivity index (χ4v) is 3.25. The predicted octanol–water partition coefficient (Wildman–Crippen LogP) is 4.01. The van der Waals surface area contributed by atoms with E-state index in [1.54, 1.807) is 7.11 Å². The lowest BCUT2D eigenvalue weighted by molar-refractivity contribution is 0.208. The van der Waals surface area contributed by atoms with E-state index in [4.69, 9.17) is 16.3 Å². The molecule has 1 N–H and O–H groups in total. The van der Waals surface area contributed by atoms with E-state index in [0.717, 1.165) is 35.1 Å². The van der Waals surface area contributed by atoms with Gasteiger partial charge in [0, 0.05) is 48.6 Å². The molecule has 0 unspecified atom stereocenters. The molecule has 132 valence electrons. The molecule has 1 saturated heterocycles. The van der Waals surface area contributed by atoms with E-state index in [-0.39, 0.29) is 6.03 Å². The third kappa shape index (κ3) is 4.17. The first-order valence-electron chi connectivity index (χ1n) is 8.28. The van der Waals surface area contributed by atoms with Crippen LogP contribution < -0.4 is 15.0 Å². The van der Waals surface area contributed by atoms with Crippen molar-refractivity contribution >= 4 is 29.0 Å². The zero-order chi connectivity index (χ0) is 17.8. The number of rotatable bonds is 3. The minimum Gasteiger partial charge on any atom is -0.497 e. The first-order valence-corrected chi connectivity index (χ1v) is 8.65. The standard InChI is InChI=1S/C19H22ClN3O2/c1-14-12-15(20)6-7-18(14)22-8-10-23(11-9-22)19(24)21-16-4-3-5-17(13-16)25-2/h3-7,12-13H,8-11H2,1-2H3,(H,21,24). The van der Waals surface area contributed by atoms with Crippen molar-refractivity contribution in [3.63, 3.8) is 0 Å². The molecule has 0 spiro atoms. The highest BCUT2D eigenvalue weighted by molar-refractivity contribution is 6.30. The number of methoxy groups -OCH3 is 1. The van der Waals surface area contributed by atoms with Crippen molar-refractivity contribution in [1.29, 1.82) is 0 Å². The Kier molecular flexibility index (Phi) is 5.34. The maximum absolute atomic E-state index is 12.5. The Balaban J connectivity index is 1.58. The Morgan fingerprint density at radius 1 is 1.12 bits per heavy atom. The van der Waals surface area contributed by atoms with Crippen LogP contribution in [0.25, 0.3) is 0 Å². The molecule has 0 saturated carbocycles. The minimum absolute atomic E-state index is 0.0827. The number of halogens is 1. The minimum atomic E-state index is -0.0827. The molecule has 0 radical (unpaired) electrons. The highest BCUT2D eigenvalue weighted by Crippen LogP contribution is 2.25. The molecule has 1 aliphatic rings. The zero-order valence-corrected chi connectivity index (χ0v) is 15.2. The lowest BCUT2D eigenvalue weighted by Gasteiger charge is -2.36. The van der Waals surface area contributed by atoms with Crippen molar-refractivity contribution < 1.29 is 9.53 Å². The van der Waals surface area contributed by atoms with Crippen molar-refractivity contribution in [2.75, 3.05) is 43.5 Å². The lowest BCUT2D eigenvalue weighted by atomic mass is 10.1. The van der Waals surface area contributed by atoms with Gasteiger partial charge in [-0.1, -0.05) is 17.7 Å². The average Bonchev–Trinajstić information content (AvgIpc) is 2.62. The number of aryl methyl sites for hydroxylation is 1. The molecule has 2 amide bonds. The van der Waals surface area contributed by atoms with Crippen LogP contribution in [0.15, 0.2) is 42.5 Å². The van der Waals surface area contributed by atoms with Crippen LogP contribution in [-0.2, 0) is 0 Å². The molecule has 1 fully saturated rings. The van der Waals surface area contributed by atoms with E-state index in [2.05, 4.69) is 17.1 Å². The van der Waals surface area contributed by atoms with Gasteiger partial charge in [0.1, 0.15) is 5.75 Å². The monoisotopic (exact) mass is 359 g/mol. The van der Waals surface area contributed by atoms with Gasteiger partial charge in [-0.15, -0.1) is 0 Å². The van der Waals surface area contributed by atoms with Crippen LogP contribution in [0.4, 0.5) is 16.2 Å². The summed E-state index contributed by atoms with van der Waals surface area (Å²) in [7, 11) is 1.61. The third-order valence-electron chi connectivity index (χ3n) is 4.39. The van der Waals surface area contributed by atoms with E-state index >= 15 is 0 Å². The molecule has 25 heavy (non-hydrogen) atoms. The van der Waals surface area contributed by atoms with Crippen LogP contribution in [0.3, 0.4) is 0 Å². The summed E-state index contributed by atoms with van der Waals surface area (Å²) in [5.41, 5.74) is 3.07. The Labute approximate surface area is 153 Å². The first-order chi connectivity index (χ1) is 12.1. The SMILES string of the molecule is COc1cccc(NC(=O)N2CCN(c3ccc(Cl)cc3C)CC2)c1. The van der Waals surface area contributed by atoms with Gasteiger partial charge in [0.25, 0.3) is 0 Å². The fourth-order valence-electron chi connectivity index (χ4n) is 3.03. The van der Waals surface area contributed by atoms with Gasteiger partial charge in [0.2, 0.25) is 0 Å². The molecule has 6 heteroatoms. The number of anilines is 2. The second kappa shape index (κ2) is 7.66. The highest BCUT2D eigenvalue weighted by Gasteiger charge is 2.22. The first kappa shape index (κ1) is 17.4. The summed E-state index contributed by atoms with van der Waals surface area (Å²) in [5.74, 6) is 0.723. The van der Waals surface area contributed by atoms with Crippen molar-refractivity contribution in [3.8, 4) is 5.75 Å². The van der Waals surface area contributed by atoms with E-state index in [1.165, 1.54) is 5.69 Å². The van der Waals surface area contributed by atoms with Gasteiger partial charge in [-0.05, 0) is 42.8 Å². The van der Waals surface area contributed by atoms with Gasteiger partial charge in [0.05, 0.1) is 7.11 Å². The number of ether oxygens (including phenoxy) is 1. The van der Waals surface area contributed by atoms with Crippen LogP contribution in [0, 0.1) is 6.92 Å². The van der Waals surface area contributed by atoms with E-state index in [1.807, 2.05) is 47.4 Å². The molecule has 2 aromatic carbocycles. The Morgan fingerprint density at radius 2 is 1.88 bits per heavy atom. The summed E-state index contributed by atoms with van der Waals surface area (Å²) in [6.07, 6.45) is 0. The van der Waals surface area contributed by atoms with Crippen LogP contribution in [-0.4, -0.2) is 44.2 Å². The van der Waals surface area contributed by atoms with Crippen LogP contribution in [0.5, 0.6) is 5.75 Å². The molecular formula is C19H22ClN3O2. The largest absolute Gasteiger partial charge is 0.497 e. The highest BCUT2D eigenvalue weighted by atomic mass is 35.5. The van der Waals surface area contributed by atoms with E-state index in [0.29, 0.717) is 13.1 Å². The number of nitrogens with one attached hydrogen (secondary N) is 1. The lowest BCUT2D eigenvalue weighted by Crippen LogP contribution is -2.50. The van der Waals surface area contributed by atoms with Gasteiger partial charge in [-0.2, -0.15) is 0 Å². The molecule has 5 nitrogen and oxygen atoms in total. The molecule has 2 aromatic rings. The predicted molar refractivity (Wildman–Crippen MR) is 102 cm³/mol. The number of benzene rings is 2. The Morgan fingerprint density at radius 3 is 2.56 bits per heavy atom. The zero-order valence-electron chi connectivity index (χ0n) is 14.5. The van der Waals surface area contributed by atoms with E-state index < -0.39 is 0 Å². The van der Waals surface area contributed by atoms with Crippen molar-refractivity contribution in [2.45, 2.75) is 6.92 Å². The van der Waals surface area contributed by atoms with Crippen LogP contribution in [0.1, 0.15) is 5.56 Å². The molecule has 0 aliphatic carbocycles. The molecule has 1 aliphatic heterocycles. The van der Waals surface area contributed by atoms with Crippen molar-refractivity contribution in [3.05, 3.63) is 53.1 Å². The number of nitrogens with zero attached hydrogens (tertiary/aromatic N) is 2. The molecule has 0 atom stereocenters. The number of hydrogen-bond donors (Lipinski definition) is 1. The maximum Gasteiger partial charge on any atom is 0.321 e. The normalized spacial score (nSPS) is 14.4. The molecule has 3 rings (SSSR count). The van der Waals surface area contributed by atoms with Gasteiger partial charge in [-0.3, -0.25) is 0 Å². The third-order valence-corrected chi connectivity index (χ3v) is 4.62. The smallest absolute Gasteiger partial charge is 0.321 e. The number of piperazine rings is 1. The number of carbonyl (C=O) groups is 1. The summed E-state index contributed by atoms with van der Waals surface area (Å²) in [4.78, 5) is 16.6. The van der Waals surface area contributed by atoms with Crippen LogP contribution >= 0.6 is 11.6 Å². The number of urea groups is 1. The molecule has 0 bridgehead atoms. The maximum atomic E-state index is 12.5. The van der Waals surface area contributed by atoms with Gasteiger partial charge < -0.3 is 19.9 Å². The Bertz CT molecular complexity index is 758. The van der Waals surface area contributed by atoms with Crippen LogP contribution in [0.2, 0.25) is 5.02 Å². The van der Waals surface area contributed by atoms with Gasteiger partial charge in [0.15, 0.2) is 0 Å². The summed E-state index contributed by atoms with van der Waals surface area (Å²) < 4.78 is 5.18. The second-order valence-electron chi connectivity index (χ2n) is 6.07. The second-order valence-corrected chi connectivity index (χ2v) is 6.50. The number of carbonyl (C=O) groups excluding carboxylic acids is 1. The quantitative estimate of drug-likeness (QED) is 0.900. The van der Waals surface area contributed by atoms with Gasteiger partial charge >= 0.3 is 6.03 Å². The van der Waals surface area contributed by atoms with Crippen molar-refractivity contribution in [1.82, 2.24) is 4.90 Å². The van der Waals surface area contributed by atoms with Gasteiger partial charge in [-0.25, -0.2) is 4.79 Å². The van der Waals surface area contributed by atoms with E-state index in [9.17, 15) is 4.79 Å². The fraction of sp³-hybridized carbons (Fsp3) is 0.316. The Hall–Kier alpha value is -2.40. The molecule has 1 heterocycles.